The normalized spacial score (nSPS) is 10.7. The maximum absolute atomic E-state index is 11.8. The Balaban J connectivity index is 2.24. The molecule has 0 aliphatic carbocycles. The highest BCUT2D eigenvalue weighted by Crippen LogP contribution is 2.13. The smallest absolute Gasteiger partial charge is 0.234 e. The number of hydrogen-bond acceptors (Lipinski definition) is 3. The van der Waals surface area contributed by atoms with Gasteiger partial charge < -0.3 is 10.2 Å². The molecular formula is C15H24N2OS. The van der Waals surface area contributed by atoms with Gasteiger partial charge in [-0.3, -0.25) is 4.79 Å². The van der Waals surface area contributed by atoms with Crippen molar-refractivity contribution in [3.8, 4) is 0 Å². The summed E-state index contributed by atoms with van der Waals surface area (Å²) < 4.78 is 0. The van der Waals surface area contributed by atoms with Crippen LogP contribution in [0.5, 0.6) is 0 Å². The average Bonchev–Trinajstić information content (AvgIpc) is 2.42. The van der Waals surface area contributed by atoms with Crippen LogP contribution in [0.15, 0.2) is 24.3 Å². The molecule has 0 fully saturated rings. The summed E-state index contributed by atoms with van der Waals surface area (Å²) in [6.07, 6.45) is 0. The van der Waals surface area contributed by atoms with Gasteiger partial charge in [0.15, 0.2) is 0 Å². The summed E-state index contributed by atoms with van der Waals surface area (Å²) in [5, 5.41) is 2.95. The molecule has 106 valence electrons. The van der Waals surface area contributed by atoms with E-state index in [9.17, 15) is 4.79 Å². The van der Waals surface area contributed by atoms with E-state index >= 15 is 0 Å². The first-order valence-electron chi connectivity index (χ1n) is 6.83. The van der Waals surface area contributed by atoms with Gasteiger partial charge in [0.1, 0.15) is 0 Å². The third-order valence-electron chi connectivity index (χ3n) is 3.10. The summed E-state index contributed by atoms with van der Waals surface area (Å²) in [6.45, 7) is 9.54. The second-order valence-electron chi connectivity index (χ2n) is 4.44. The highest BCUT2D eigenvalue weighted by molar-refractivity contribution is 7.99. The van der Waals surface area contributed by atoms with E-state index in [1.54, 1.807) is 11.8 Å². The molecule has 0 saturated carbocycles. The van der Waals surface area contributed by atoms with Gasteiger partial charge in [0.25, 0.3) is 0 Å². The van der Waals surface area contributed by atoms with E-state index in [-0.39, 0.29) is 5.91 Å². The number of anilines is 1. The molecule has 0 unspecified atom stereocenters. The Morgan fingerprint density at radius 1 is 1.26 bits per heavy atom. The van der Waals surface area contributed by atoms with Crippen LogP contribution >= 0.6 is 11.8 Å². The second kappa shape index (κ2) is 8.99. The molecule has 0 spiro atoms. The van der Waals surface area contributed by atoms with Crippen molar-refractivity contribution < 1.29 is 4.79 Å². The summed E-state index contributed by atoms with van der Waals surface area (Å²) in [6, 6.07) is 7.86. The van der Waals surface area contributed by atoms with Crippen molar-refractivity contribution in [1.82, 2.24) is 4.90 Å². The summed E-state index contributed by atoms with van der Waals surface area (Å²) in [5.74, 6) is 1.61. The number of carbonyl (C=O) groups excluding carboxylic acids is 1. The van der Waals surface area contributed by atoms with E-state index in [4.69, 9.17) is 0 Å². The van der Waals surface area contributed by atoms with E-state index in [1.807, 2.05) is 31.2 Å². The number of benzene rings is 1. The summed E-state index contributed by atoms with van der Waals surface area (Å²) in [4.78, 5) is 14.2. The Kier molecular flexibility index (Phi) is 7.60. The van der Waals surface area contributed by atoms with Gasteiger partial charge in [-0.15, -0.1) is 0 Å². The fraction of sp³-hybridized carbons (Fsp3) is 0.533. The molecule has 0 saturated heterocycles. The van der Waals surface area contributed by atoms with Crippen molar-refractivity contribution in [3.05, 3.63) is 29.8 Å². The lowest BCUT2D eigenvalue weighted by Crippen LogP contribution is -2.26. The zero-order chi connectivity index (χ0) is 14.1. The lowest BCUT2D eigenvalue weighted by atomic mass is 10.2. The van der Waals surface area contributed by atoms with Crippen molar-refractivity contribution in [1.29, 1.82) is 0 Å². The molecule has 0 atom stereocenters. The van der Waals surface area contributed by atoms with Gasteiger partial charge in [0.05, 0.1) is 5.75 Å². The molecule has 0 aliphatic rings. The third kappa shape index (κ3) is 6.12. The predicted octanol–water partition coefficient (Wildman–Crippen LogP) is 3.01. The number of rotatable bonds is 8. The highest BCUT2D eigenvalue weighted by Gasteiger charge is 2.05. The zero-order valence-corrected chi connectivity index (χ0v) is 12.9. The topological polar surface area (TPSA) is 32.3 Å². The Bertz CT molecular complexity index is 391. The van der Waals surface area contributed by atoms with E-state index in [1.165, 1.54) is 0 Å². The van der Waals surface area contributed by atoms with E-state index in [2.05, 4.69) is 24.1 Å². The first kappa shape index (κ1) is 16.1. The van der Waals surface area contributed by atoms with E-state index < -0.39 is 0 Å². The van der Waals surface area contributed by atoms with Gasteiger partial charge in [0.2, 0.25) is 5.91 Å². The highest BCUT2D eigenvalue weighted by atomic mass is 32.2. The van der Waals surface area contributed by atoms with Crippen molar-refractivity contribution in [2.75, 3.05) is 36.5 Å². The van der Waals surface area contributed by atoms with Crippen LogP contribution in [-0.4, -0.2) is 41.9 Å². The SMILES string of the molecule is CCN(CC)CCSCC(=O)Nc1ccccc1C. The largest absolute Gasteiger partial charge is 0.325 e. The van der Waals surface area contributed by atoms with Gasteiger partial charge in [0, 0.05) is 18.0 Å². The Hall–Kier alpha value is -1.00. The molecule has 1 N–H and O–H groups in total. The quantitative estimate of drug-likeness (QED) is 0.743. The van der Waals surface area contributed by atoms with Crippen LogP contribution in [0.2, 0.25) is 0 Å². The molecule has 0 bridgehead atoms. The standard InChI is InChI=1S/C15H24N2OS/c1-4-17(5-2)10-11-19-12-15(18)16-14-9-7-6-8-13(14)3/h6-9H,4-5,10-12H2,1-3H3,(H,16,18). The number of hydrogen-bond donors (Lipinski definition) is 1. The van der Waals surface area contributed by atoms with Gasteiger partial charge >= 0.3 is 0 Å². The van der Waals surface area contributed by atoms with Gasteiger partial charge in [-0.2, -0.15) is 11.8 Å². The first-order valence-corrected chi connectivity index (χ1v) is 7.98. The van der Waals surface area contributed by atoms with Crippen LogP contribution in [0.1, 0.15) is 19.4 Å². The number of aryl methyl sites for hydroxylation is 1. The predicted molar refractivity (Wildman–Crippen MR) is 84.9 cm³/mol. The minimum atomic E-state index is 0.0823. The lowest BCUT2D eigenvalue weighted by Gasteiger charge is -2.17. The fourth-order valence-electron chi connectivity index (χ4n) is 1.80. The number of nitrogens with one attached hydrogen (secondary N) is 1. The van der Waals surface area contributed by atoms with Gasteiger partial charge in [-0.25, -0.2) is 0 Å². The molecule has 0 aromatic heterocycles. The molecule has 0 radical (unpaired) electrons. The lowest BCUT2D eigenvalue weighted by molar-refractivity contribution is -0.113. The maximum atomic E-state index is 11.8. The number of nitrogens with zero attached hydrogens (tertiary/aromatic N) is 1. The van der Waals surface area contributed by atoms with Crippen LogP contribution in [0.3, 0.4) is 0 Å². The minimum absolute atomic E-state index is 0.0823. The molecule has 4 heteroatoms. The number of amides is 1. The van der Waals surface area contributed by atoms with Crippen LogP contribution in [0.25, 0.3) is 0 Å². The van der Waals surface area contributed by atoms with Gasteiger partial charge in [-0.05, 0) is 31.6 Å². The average molecular weight is 280 g/mol. The Morgan fingerprint density at radius 3 is 2.58 bits per heavy atom. The summed E-state index contributed by atoms with van der Waals surface area (Å²) in [5.41, 5.74) is 2.01. The Morgan fingerprint density at radius 2 is 1.95 bits per heavy atom. The van der Waals surface area contributed by atoms with Crippen molar-refractivity contribution in [2.45, 2.75) is 20.8 Å². The van der Waals surface area contributed by atoms with E-state index in [0.29, 0.717) is 5.75 Å². The van der Waals surface area contributed by atoms with Crippen LogP contribution in [0.4, 0.5) is 5.69 Å². The molecule has 0 heterocycles. The zero-order valence-electron chi connectivity index (χ0n) is 12.1. The van der Waals surface area contributed by atoms with Crippen LogP contribution < -0.4 is 5.32 Å². The molecule has 1 amide bonds. The minimum Gasteiger partial charge on any atom is -0.325 e. The molecule has 3 nitrogen and oxygen atoms in total. The second-order valence-corrected chi connectivity index (χ2v) is 5.55. The molecular weight excluding hydrogens is 256 g/mol. The van der Waals surface area contributed by atoms with Crippen LogP contribution in [-0.2, 0) is 4.79 Å². The number of carbonyl (C=O) groups is 1. The fourth-order valence-corrected chi connectivity index (χ4v) is 2.59. The van der Waals surface area contributed by atoms with Gasteiger partial charge in [-0.1, -0.05) is 32.0 Å². The third-order valence-corrected chi connectivity index (χ3v) is 4.04. The molecule has 1 aromatic rings. The number of thioether (sulfide) groups is 1. The Labute approximate surface area is 120 Å². The molecule has 1 rings (SSSR count). The molecule has 1 aromatic carbocycles. The van der Waals surface area contributed by atoms with Crippen molar-refractivity contribution in [2.24, 2.45) is 0 Å². The van der Waals surface area contributed by atoms with Crippen molar-refractivity contribution >= 4 is 23.4 Å². The monoisotopic (exact) mass is 280 g/mol. The van der Waals surface area contributed by atoms with E-state index in [0.717, 1.165) is 36.6 Å². The maximum Gasteiger partial charge on any atom is 0.234 e. The molecule has 0 aliphatic heterocycles. The number of para-hydroxylation sites is 1. The first-order chi connectivity index (χ1) is 9.17. The van der Waals surface area contributed by atoms with Crippen molar-refractivity contribution in [3.63, 3.8) is 0 Å². The summed E-state index contributed by atoms with van der Waals surface area (Å²) in [7, 11) is 0. The molecule has 19 heavy (non-hydrogen) atoms. The van der Waals surface area contributed by atoms with Crippen LogP contribution in [0, 0.1) is 6.92 Å². The summed E-state index contributed by atoms with van der Waals surface area (Å²) >= 11 is 1.69.